The average Bonchev–Trinajstić information content (AvgIpc) is 3.94. The first-order valence-electron chi connectivity index (χ1n) is 21.6. The summed E-state index contributed by atoms with van der Waals surface area (Å²) in [5.74, 6) is 1.18. The van der Waals surface area contributed by atoms with Gasteiger partial charge in [0, 0.05) is 74.4 Å². The van der Waals surface area contributed by atoms with Crippen LogP contribution in [-0.4, -0.2) is 111 Å². The Bertz CT molecular complexity index is 2530. The van der Waals surface area contributed by atoms with Crippen LogP contribution in [0.5, 0.6) is 0 Å². The molecule has 3 saturated heterocycles. The van der Waals surface area contributed by atoms with Gasteiger partial charge in [-0.2, -0.15) is 14.4 Å². The van der Waals surface area contributed by atoms with Crippen LogP contribution in [0.25, 0.3) is 10.9 Å². The van der Waals surface area contributed by atoms with E-state index in [-0.39, 0.29) is 60.8 Å². The molecule has 2 aliphatic carbocycles. The molecule has 1 spiro atoms. The van der Waals surface area contributed by atoms with Crippen LogP contribution in [0.1, 0.15) is 93.2 Å². The Morgan fingerprint density at radius 2 is 1.74 bits per heavy atom. The predicted molar refractivity (Wildman–Crippen MR) is 224 cm³/mol. The minimum atomic E-state index is -3.88. The Balaban J connectivity index is 0.754. The molecule has 61 heavy (non-hydrogen) atoms. The molecule has 6 aliphatic rings. The molecule has 2 saturated carbocycles. The van der Waals surface area contributed by atoms with Crippen LogP contribution in [-0.2, 0) is 38.6 Å². The van der Waals surface area contributed by atoms with E-state index in [1.165, 1.54) is 27.4 Å². The number of hydrogen-bond donors (Lipinski definition) is 3. The molecule has 18 heteroatoms. The van der Waals surface area contributed by atoms with Crippen molar-refractivity contribution in [3.8, 4) is 0 Å². The molecule has 322 valence electrons. The Morgan fingerprint density at radius 1 is 0.951 bits per heavy atom. The van der Waals surface area contributed by atoms with Gasteiger partial charge in [-0.1, -0.05) is 6.07 Å². The number of aromatic nitrogens is 4. The highest BCUT2D eigenvalue weighted by atomic mass is 32.2. The second kappa shape index (κ2) is 15.4. The number of likely N-dealkylation sites (tertiary alicyclic amines) is 1. The number of aliphatic hydroxyl groups is 1. The van der Waals surface area contributed by atoms with Crippen LogP contribution in [0.3, 0.4) is 0 Å². The van der Waals surface area contributed by atoms with Crippen LogP contribution in [0.4, 0.5) is 26.8 Å². The standard InChI is InChI=1S/C43H51FN10O6S/c1-50-36-22-27(5-7-33(36)38(49-50)53-20-13-37(56)47-42(53)58)26-9-16-51(17-10-26)25-28-21-32(6-8-35(28)44)61(59,60)52-18-11-29(12-19-52)46-41-45-24-34-39(48-41)54(40(57)43(34)14-15-43)30-3-2-4-31(55)23-30/h5-8,21-22,24,26,29-31,55H,2-4,9-20,23,25H2,1H3,(H,45,46,48)(H,47,56,58)/t30-,31-/m1/s1. The number of piperidine rings is 2. The number of carbonyl (C=O) groups excluding carboxylic acids is 3. The first-order chi connectivity index (χ1) is 29.4. The lowest BCUT2D eigenvalue weighted by Crippen LogP contribution is -2.49. The van der Waals surface area contributed by atoms with Gasteiger partial charge in [-0.05, 0) is 119 Å². The summed E-state index contributed by atoms with van der Waals surface area (Å²) < 4.78 is 46.4. The molecule has 10 rings (SSSR count). The summed E-state index contributed by atoms with van der Waals surface area (Å²) in [4.78, 5) is 52.9. The zero-order chi connectivity index (χ0) is 42.2. The number of rotatable bonds is 9. The number of anilines is 3. The third kappa shape index (κ3) is 7.24. The zero-order valence-corrected chi connectivity index (χ0v) is 35.0. The summed E-state index contributed by atoms with van der Waals surface area (Å²) in [5.41, 5.74) is 2.74. The molecule has 2 aromatic heterocycles. The molecule has 0 radical (unpaired) electrons. The highest BCUT2D eigenvalue weighted by molar-refractivity contribution is 7.89. The van der Waals surface area contributed by atoms with Gasteiger partial charge in [-0.15, -0.1) is 0 Å². The molecule has 16 nitrogen and oxygen atoms in total. The lowest BCUT2D eigenvalue weighted by molar-refractivity contribution is -0.121. The molecule has 4 amide bonds. The maximum absolute atomic E-state index is 15.3. The molecule has 4 aromatic rings. The van der Waals surface area contributed by atoms with E-state index in [1.807, 2.05) is 18.0 Å². The monoisotopic (exact) mass is 854 g/mol. The van der Waals surface area contributed by atoms with E-state index in [9.17, 15) is 27.9 Å². The van der Waals surface area contributed by atoms with Crippen LogP contribution in [0.2, 0.25) is 0 Å². The number of aliphatic hydroxyl groups excluding tert-OH is 1. The second-order valence-corrected chi connectivity index (χ2v) is 19.7. The summed E-state index contributed by atoms with van der Waals surface area (Å²) in [7, 11) is -2.04. The van der Waals surface area contributed by atoms with Crippen molar-refractivity contribution in [1.82, 2.24) is 34.3 Å². The van der Waals surface area contributed by atoms with E-state index in [0.29, 0.717) is 62.0 Å². The van der Waals surface area contributed by atoms with E-state index in [0.717, 1.165) is 67.0 Å². The number of amides is 4. The minimum Gasteiger partial charge on any atom is -0.393 e. The molecule has 0 bridgehead atoms. The number of hydrogen-bond acceptors (Lipinski definition) is 11. The van der Waals surface area contributed by atoms with Crippen molar-refractivity contribution in [2.45, 2.75) is 112 Å². The second-order valence-electron chi connectivity index (χ2n) is 17.8. The lowest BCUT2D eigenvalue weighted by atomic mass is 9.89. The maximum atomic E-state index is 15.3. The SMILES string of the molecule is Cn1nc(N2CCC(=O)NC2=O)c2ccc(C3CCN(Cc4cc(S(=O)(=O)N5CCC(Nc6ncc7c(n6)N([C@@H]6CCC[C@@H](O)C6)C(=O)C76CC6)CC5)ccc4F)CC3)cc21. The van der Waals surface area contributed by atoms with Crippen LogP contribution >= 0.6 is 0 Å². The molecule has 4 aliphatic heterocycles. The fourth-order valence-electron chi connectivity index (χ4n) is 10.3. The number of nitrogens with one attached hydrogen (secondary N) is 2. The smallest absolute Gasteiger partial charge is 0.329 e. The van der Waals surface area contributed by atoms with Gasteiger partial charge in [-0.3, -0.25) is 34.3 Å². The fraction of sp³-hybridized carbons (Fsp3) is 0.535. The van der Waals surface area contributed by atoms with E-state index in [2.05, 4.69) is 37.7 Å². The van der Waals surface area contributed by atoms with E-state index < -0.39 is 33.4 Å². The third-order valence-electron chi connectivity index (χ3n) is 13.9. The van der Waals surface area contributed by atoms with Crippen LogP contribution in [0, 0.1) is 5.82 Å². The summed E-state index contributed by atoms with van der Waals surface area (Å²) in [5, 5.41) is 21.6. The van der Waals surface area contributed by atoms with Gasteiger partial charge in [-0.25, -0.2) is 22.6 Å². The van der Waals surface area contributed by atoms with Crippen molar-refractivity contribution in [3.63, 3.8) is 0 Å². The number of benzene rings is 2. The third-order valence-corrected chi connectivity index (χ3v) is 15.8. The van der Waals surface area contributed by atoms with Gasteiger partial charge in [0.15, 0.2) is 5.82 Å². The summed E-state index contributed by atoms with van der Waals surface area (Å²) >= 11 is 0. The Hall–Kier alpha value is -5.04. The van der Waals surface area contributed by atoms with Crippen molar-refractivity contribution < 1.29 is 32.3 Å². The van der Waals surface area contributed by atoms with Crippen molar-refractivity contribution in [3.05, 3.63) is 65.1 Å². The Morgan fingerprint density at radius 3 is 2.48 bits per heavy atom. The first kappa shape index (κ1) is 40.1. The fourth-order valence-corrected chi connectivity index (χ4v) is 11.8. The summed E-state index contributed by atoms with van der Waals surface area (Å²) in [6, 6.07) is 9.61. The average molecular weight is 855 g/mol. The number of aryl methyl sites for hydroxylation is 1. The number of halogens is 1. The molecular formula is C43H51FN10O6S. The molecule has 6 heterocycles. The minimum absolute atomic E-state index is 0.0692. The Kier molecular flexibility index (Phi) is 10.1. The zero-order valence-electron chi connectivity index (χ0n) is 34.2. The van der Waals surface area contributed by atoms with Gasteiger partial charge in [0.1, 0.15) is 11.6 Å². The topological polar surface area (TPSA) is 186 Å². The molecule has 0 unspecified atom stereocenters. The molecular weight excluding hydrogens is 804 g/mol. The van der Waals surface area contributed by atoms with Crippen LogP contribution < -0.4 is 20.4 Å². The van der Waals surface area contributed by atoms with Crippen molar-refractivity contribution in [2.24, 2.45) is 7.05 Å². The number of fused-ring (bicyclic) bond motifs is 3. The number of sulfonamides is 1. The van der Waals surface area contributed by atoms with Crippen molar-refractivity contribution in [1.29, 1.82) is 0 Å². The predicted octanol–water partition coefficient (Wildman–Crippen LogP) is 4.28. The highest BCUT2D eigenvalue weighted by Crippen LogP contribution is 2.57. The van der Waals surface area contributed by atoms with Crippen molar-refractivity contribution >= 4 is 56.4 Å². The van der Waals surface area contributed by atoms with E-state index in [1.54, 1.807) is 10.9 Å². The maximum Gasteiger partial charge on any atom is 0.329 e. The van der Waals surface area contributed by atoms with Gasteiger partial charge in [0.25, 0.3) is 0 Å². The van der Waals surface area contributed by atoms with Gasteiger partial charge in [0.05, 0.1) is 21.9 Å². The van der Waals surface area contributed by atoms with E-state index >= 15 is 4.39 Å². The summed E-state index contributed by atoms with van der Waals surface area (Å²) in [6.45, 7) is 2.55. The Labute approximate surface area is 353 Å². The molecule has 5 fully saturated rings. The van der Waals surface area contributed by atoms with Gasteiger partial charge >= 0.3 is 6.03 Å². The largest absolute Gasteiger partial charge is 0.393 e. The number of nitrogens with zero attached hydrogens (tertiary/aromatic N) is 8. The molecule has 2 aromatic carbocycles. The number of imide groups is 1. The summed E-state index contributed by atoms with van der Waals surface area (Å²) in [6.07, 6.45) is 8.84. The van der Waals surface area contributed by atoms with Gasteiger partial charge < -0.3 is 10.4 Å². The lowest BCUT2D eigenvalue weighted by Gasteiger charge is -2.34. The van der Waals surface area contributed by atoms with E-state index in [4.69, 9.17) is 4.98 Å². The van der Waals surface area contributed by atoms with Crippen LogP contribution in [0.15, 0.2) is 47.5 Å². The molecule has 3 N–H and O–H groups in total. The normalized spacial score (nSPS) is 24.1. The van der Waals surface area contributed by atoms with Crippen molar-refractivity contribution in [2.75, 3.05) is 47.8 Å². The quantitative estimate of drug-likeness (QED) is 0.218. The highest BCUT2D eigenvalue weighted by Gasteiger charge is 2.61. The van der Waals surface area contributed by atoms with Gasteiger partial charge in [0.2, 0.25) is 27.8 Å². The number of carbonyl (C=O) groups is 3. The molecule has 2 atom stereocenters. The number of urea groups is 1. The first-order valence-corrected chi connectivity index (χ1v) is 23.1.